The van der Waals surface area contributed by atoms with Crippen LogP contribution in [0.2, 0.25) is 0 Å². The third-order valence-electron chi connectivity index (χ3n) is 2.72. The number of nitrogens with zero attached hydrogens (tertiary/aromatic N) is 1. The van der Waals surface area contributed by atoms with Gasteiger partial charge in [0, 0.05) is 12.7 Å². The summed E-state index contributed by atoms with van der Waals surface area (Å²) in [6, 6.07) is 8.82. The van der Waals surface area contributed by atoms with Gasteiger partial charge in [0.1, 0.15) is 0 Å². The van der Waals surface area contributed by atoms with Gasteiger partial charge in [0.2, 0.25) is 0 Å². The van der Waals surface area contributed by atoms with E-state index >= 15 is 0 Å². The molecule has 2 heterocycles. The number of hydrogen-bond donors (Lipinski definition) is 0. The highest BCUT2D eigenvalue weighted by Crippen LogP contribution is 2.25. The van der Waals surface area contributed by atoms with Gasteiger partial charge in [0.05, 0.1) is 5.52 Å². The first-order valence-electron chi connectivity index (χ1n) is 5.52. The Hall–Kier alpha value is -1.24. The molecule has 1 nitrogen and oxygen atoms in total. The van der Waals surface area contributed by atoms with E-state index in [-0.39, 0.29) is 0 Å². The van der Waals surface area contributed by atoms with Crippen molar-refractivity contribution in [3.8, 4) is 0 Å². The maximum Gasteiger partial charge on any atom is 0.0512 e. The summed E-state index contributed by atoms with van der Waals surface area (Å²) < 4.78 is 2.37. The van der Waals surface area contributed by atoms with Gasteiger partial charge in [-0.05, 0) is 29.9 Å². The van der Waals surface area contributed by atoms with Crippen LogP contribution in [0, 0.1) is 0 Å². The van der Waals surface area contributed by atoms with E-state index in [0.29, 0.717) is 0 Å². The third kappa shape index (κ3) is 1.33. The monoisotopic (exact) mass is 187 g/mol. The molecule has 74 valence electrons. The highest BCUT2D eigenvalue weighted by molar-refractivity contribution is 5.83. The summed E-state index contributed by atoms with van der Waals surface area (Å²) in [7, 11) is 0. The number of para-hydroxylation sites is 1. The van der Waals surface area contributed by atoms with Gasteiger partial charge in [-0.3, -0.25) is 0 Å². The molecule has 1 aliphatic rings. The fourth-order valence-electron chi connectivity index (χ4n) is 2.17. The molecule has 1 aliphatic heterocycles. The third-order valence-corrected chi connectivity index (χ3v) is 2.72. The van der Waals surface area contributed by atoms with Crippen LogP contribution in [0.5, 0.6) is 0 Å². The summed E-state index contributed by atoms with van der Waals surface area (Å²) in [5.74, 6) is 0. The molecule has 0 unspecified atom stereocenters. The molecule has 0 saturated carbocycles. The van der Waals surface area contributed by atoms with E-state index in [4.69, 9.17) is 0 Å². The van der Waals surface area contributed by atoms with E-state index in [1.807, 2.05) is 13.8 Å². The van der Waals surface area contributed by atoms with Crippen molar-refractivity contribution < 1.29 is 0 Å². The first kappa shape index (κ1) is 9.32. The topological polar surface area (TPSA) is 4.93 Å². The first-order chi connectivity index (χ1) is 6.95. The second-order valence-electron chi connectivity index (χ2n) is 3.47. The Labute approximate surface area is 85.4 Å². The molecule has 1 heteroatoms. The number of aromatic nitrogens is 1. The normalized spacial score (nSPS) is 13.6. The van der Waals surface area contributed by atoms with Crippen LogP contribution < -0.4 is 0 Å². The van der Waals surface area contributed by atoms with E-state index in [0.717, 1.165) is 0 Å². The molecule has 0 atom stereocenters. The van der Waals surface area contributed by atoms with Crippen molar-refractivity contribution in [3.05, 3.63) is 36.0 Å². The standard InChI is InChI=1S/C11H11N.C2H6/c1-3-9-5-2-7-12-8-6-10(4-1)11(9)12;1-2/h1,3-4,6,8H,2,5,7H2;1-2H3. The number of aryl methyl sites for hydroxylation is 2. The van der Waals surface area contributed by atoms with Crippen LogP contribution in [-0.4, -0.2) is 4.57 Å². The molecule has 0 N–H and O–H groups in total. The second kappa shape index (κ2) is 3.87. The lowest BCUT2D eigenvalue weighted by molar-refractivity contribution is 0.636. The van der Waals surface area contributed by atoms with Crippen LogP contribution in [0.15, 0.2) is 30.5 Å². The zero-order valence-corrected chi connectivity index (χ0v) is 8.96. The maximum absolute atomic E-state index is 2.37. The second-order valence-corrected chi connectivity index (χ2v) is 3.47. The average molecular weight is 187 g/mol. The van der Waals surface area contributed by atoms with Crippen molar-refractivity contribution in [3.63, 3.8) is 0 Å². The molecule has 0 amide bonds. The molecule has 1 aromatic heterocycles. The molecule has 0 saturated heterocycles. The predicted octanol–water partition coefficient (Wildman–Crippen LogP) is 3.61. The van der Waals surface area contributed by atoms with E-state index < -0.39 is 0 Å². The van der Waals surface area contributed by atoms with E-state index in [2.05, 4.69) is 35.0 Å². The van der Waals surface area contributed by atoms with Crippen molar-refractivity contribution in [2.45, 2.75) is 33.2 Å². The molecule has 2 aromatic rings. The fraction of sp³-hybridized carbons (Fsp3) is 0.385. The summed E-state index contributed by atoms with van der Waals surface area (Å²) in [6.07, 6.45) is 4.75. The average Bonchev–Trinajstić information content (AvgIpc) is 2.68. The molecule has 1 aromatic carbocycles. The predicted molar refractivity (Wildman–Crippen MR) is 61.6 cm³/mol. The quantitative estimate of drug-likeness (QED) is 0.593. The summed E-state index contributed by atoms with van der Waals surface area (Å²) in [6.45, 7) is 5.19. The zero-order valence-electron chi connectivity index (χ0n) is 8.96. The van der Waals surface area contributed by atoms with Crippen LogP contribution in [0.4, 0.5) is 0 Å². The number of hydrogen-bond acceptors (Lipinski definition) is 0. The van der Waals surface area contributed by atoms with Gasteiger partial charge in [-0.2, -0.15) is 0 Å². The Bertz CT molecular complexity index is 426. The maximum atomic E-state index is 2.37. The lowest BCUT2D eigenvalue weighted by atomic mass is 10.0. The lowest BCUT2D eigenvalue weighted by Crippen LogP contribution is -2.05. The molecule has 14 heavy (non-hydrogen) atoms. The van der Waals surface area contributed by atoms with Crippen molar-refractivity contribution >= 4 is 10.9 Å². The molecule has 0 spiro atoms. The summed E-state index contributed by atoms with van der Waals surface area (Å²) in [4.78, 5) is 0. The van der Waals surface area contributed by atoms with Gasteiger partial charge < -0.3 is 4.57 Å². The van der Waals surface area contributed by atoms with Crippen LogP contribution in [0.3, 0.4) is 0 Å². The molecule has 3 rings (SSSR count). The first-order valence-corrected chi connectivity index (χ1v) is 5.52. The van der Waals surface area contributed by atoms with Crippen molar-refractivity contribution in [1.82, 2.24) is 4.57 Å². The molecule has 0 fully saturated rings. The minimum absolute atomic E-state index is 1.19. The van der Waals surface area contributed by atoms with Gasteiger partial charge in [-0.15, -0.1) is 0 Å². The Morgan fingerprint density at radius 3 is 2.86 bits per heavy atom. The molecular formula is C13H17N. The zero-order chi connectivity index (χ0) is 9.97. The minimum atomic E-state index is 1.19. The Balaban J connectivity index is 0.000000354. The Morgan fingerprint density at radius 2 is 2.00 bits per heavy atom. The SMILES string of the molecule is CC.c1cc2c3c(c1)ccn3CCC2. The van der Waals surface area contributed by atoms with Crippen LogP contribution in [-0.2, 0) is 13.0 Å². The van der Waals surface area contributed by atoms with Crippen LogP contribution in [0.1, 0.15) is 25.8 Å². The van der Waals surface area contributed by atoms with Gasteiger partial charge in [0.25, 0.3) is 0 Å². The smallest absolute Gasteiger partial charge is 0.0512 e. The number of rotatable bonds is 0. The van der Waals surface area contributed by atoms with Crippen molar-refractivity contribution in [2.24, 2.45) is 0 Å². The van der Waals surface area contributed by atoms with Crippen molar-refractivity contribution in [1.29, 1.82) is 0 Å². The highest BCUT2D eigenvalue weighted by Gasteiger charge is 2.10. The van der Waals surface area contributed by atoms with E-state index in [1.165, 1.54) is 35.9 Å². The van der Waals surface area contributed by atoms with Gasteiger partial charge in [-0.25, -0.2) is 0 Å². The van der Waals surface area contributed by atoms with Crippen molar-refractivity contribution in [2.75, 3.05) is 0 Å². The van der Waals surface area contributed by atoms with E-state index in [1.54, 1.807) is 0 Å². The molecular weight excluding hydrogens is 170 g/mol. The van der Waals surface area contributed by atoms with Gasteiger partial charge >= 0.3 is 0 Å². The molecule has 0 aliphatic carbocycles. The minimum Gasteiger partial charge on any atom is -0.347 e. The van der Waals surface area contributed by atoms with E-state index in [9.17, 15) is 0 Å². The summed E-state index contributed by atoms with van der Waals surface area (Å²) >= 11 is 0. The van der Waals surface area contributed by atoms with Crippen LogP contribution in [0.25, 0.3) is 10.9 Å². The molecule has 0 radical (unpaired) electrons. The Morgan fingerprint density at radius 1 is 1.14 bits per heavy atom. The lowest BCUT2D eigenvalue weighted by Gasteiger charge is -2.14. The molecule has 0 bridgehead atoms. The fourth-order valence-corrected chi connectivity index (χ4v) is 2.17. The van der Waals surface area contributed by atoms with Gasteiger partial charge in [-0.1, -0.05) is 32.0 Å². The highest BCUT2D eigenvalue weighted by atomic mass is 15.0. The summed E-state index contributed by atoms with van der Waals surface area (Å²) in [5, 5.41) is 1.40. The van der Waals surface area contributed by atoms with Crippen LogP contribution >= 0.6 is 0 Å². The Kier molecular flexibility index (Phi) is 2.58. The summed E-state index contributed by atoms with van der Waals surface area (Å²) in [5.41, 5.74) is 2.98. The largest absolute Gasteiger partial charge is 0.347 e. The number of benzene rings is 1. The van der Waals surface area contributed by atoms with Gasteiger partial charge in [0.15, 0.2) is 0 Å².